The van der Waals surface area contributed by atoms with Gasteiger partial charge in [0.15, 0.2) is 11.6 Å². The average Bonchev–Trinajstić information content (AvgIpc) is 3.33. The van der Waals surface area contributed by atoms with Crippen molar-refractivity contribution in [3.63, 3.8) is 0 Å². The van der Waals surface area contributed by atoms with Gasteiger partial charge in [-0.3, -0.25) is 9.48 Å². The molecule has 3 heterocycles. The maximum Gasteiger partial charge on any atom is 0.259 e. The predicted octanol–water partition coefficient (Wildman–Crippen LogP) is 3.01. The van der Waals surface area contributed by atoms with Crippen molar-refractivity contribution in [1.82, 2.24) is 29.8 Å². The van der Waals surface area contributed by atoms with E-state index in [2.05, 4.69) is 31.0 Å². The molecule has 3 aromatic heterocycles. The van der Waals surface area contributed by atoms with Crippen molar-refractivity contribution in [2.75, 3.05) is 10.6 Å². The number of aromatic nitrogens is 6. The molecule has 4 rings (SSSR count). The summed E-state index contributed by atoms with van der Waals surface area (Å²) in [7, 11) is 1.82. The normalized spacial score (nSPS) is 10.7. The number of aryl methyl sites for hydroxylation is 2. The van der Waals surface area contributed by atoms with Crippen molar-refractivity contribution in [3.8, 4) is 5.82 Å². The summed E-state index contributed by atoms with van der Waals surface area (Å²) < 4.78 is 3.34. The Balaban J connectivity index is 1.42. The summed E-state index contributed by atoms with van der Waals surface area (Å²) in [4.78, 5) is 12.6. The van der Waals surface area contributed by atoms with E-state index < -0.39 is 0 Å². The lowest BCUT2D eigenvalue weighted by molar-refractivity contribution is 0.102. The smallest absolute Gasteiger partial charge is 0.259 e. The molecule has 0 aliphatic heterocycles. The molecule has 29 heavy (non-hydrogen) atoms. The molecule has 0 aliphatic rings. The van der Waals surface area contributed by atoms with Gasteiger partial charge in [0, 0.05) is 36.5 Å². The highest BCUT2D eigenvalue weighted by Gasteiger charge is 2.17. The van der Waals surface area contributed by atoms with E-state index >= 15 is 0 Å². The highest BCUT2D eigenvalue weighted by Crippen LogP contribution is 2.19. The lowest BCUT2D eigenvalue weighted by Gasteiger charge is -2.09. The second kappa shape index (κ2) is 7.55. The largest absolute Gasteiger partial charge is 0.339 e. The van der Waals surface area contributed by atoms with Crippen LogP contribution in [0.3, 0.4) is 0 Å². The number of rotatable bonds is 5. The van der Waals surface area contributed by atoms with E-state index in [9.17, 15) is 4.79 Å². The molecule has 9 heteroatoms. The maximum atomic E-state index is 12.6. The first kappa shape index (κ1) is 18.4. The Bertz CT molecular complexity index is 1130. The van der Waals surface area contributed by atoms with Gasteiger partial charge in [0.05, 0.1) is 11.3 Å². The van der Waals surface area contributed by atoms with Gasteiger partial charge in [0.25, 0.3) is 5.91 Å². The third kappa shape index (κ3) is 3.84. The summed E-state index contributed by atoms with van der Waals surface area (Å²) >= 11 is 0. The average molecular weight is 388 g/mol. The Hall–Kier alpha value is -4.01. The lowest BCUT2D eigenvalue weighted by atomic mass is 10.1. The van der Waals surface area contributed by atoms with Crippen LogP contribution in [0.5, 0.6) is 0 Å². The highest BCUT2D eigenvalue weighted by molar-refractivity contribution is 6.05. The molecule has 0 unspecified atom stereocenters. The van der Waals surface area contributed by atoms with Crippen LogP contribution in [0.2, 0.25) is 0 Å². The number of carbonyl (C=O) groups excluding carboxylic acids is 1. The van der Waals surface area contributed by atoms with Gasteiger partial charge in [0.2, 0.25) is 0 Å². The monoisotopic (exact) mass is 388 g/mol. The van der Waals surface area contributed by atoms with Crippen LogP contribution in [0.25, 0.3) is 5.82 Å². The van der Waals surface area contributed by atoms with Crippen molar-refractivity contribution in [2.45, 2.75) is 13.8 Å². The van der Waals surface area contributed by atoms with Crippen LogP contribution >= 0.6 is 0 Å². The van der Waals surface area contributed by atoms with Gasteiger partial charge in [-0.05, 0) is 56.3 Å². The Labute approximate surface area is 167 Å². The van der Waals surface area contributed by atoms with Crippen molar-refractivity contribution in [2.24, 2.45) is 7.05 Å². The first-order valence-electron chi connectivity index (χ1n) is 9.03. The van der Waals surface area contributed by atoms with E-state index in [0.717, 1.165) is 11.4 Å². The highest BCUT2D eigenvalue weighted by atomic mass is 16.1. The number of hydrogen-bond acceptors (Lipinski definition) is 6. The zero-order chi connectivity index (χ0) is 20.4. The molecular weight excluding hydrogens is 368 g/mol. The zero-order valence-corrected chi connectivity index (χ0v) is 16.3. The molecule has 0 fully saturated rings. The molecule has 4 aromatic rings. The first-order valence-corrected chi connectivity index (χ1v) is 9.03. The second-order valence-corrected chi connectivity index (χ2v) is 6.55. The summed E-state index contributed by atoms with van der Waals surface area (Å²) in [5.41, 5.74) is 3.66. The van der Waals surface area contributed by atoms with Gasteiger partial charge in [0.1, 0.15) is 0 Å². The van der Waals surface area contributed by atoms with Crippen molar-refractivity contribution < 1.29 is 4.79 Å². The zero-order valence-electron chi connectivity index (χ0n) is 16.3. The van der Waals surface area contributed by atoms with E-state index in [1.54, 1.807) is 21.8 Å². The molecule has 0 atom stereocenters. The minimum absolute atomic E-state index is 0.172. The van der Waals surface area contributed by atoms with Crippen LogP contribution in [0.15, 0.2) is 54.9 Å². The minimum Gasteiger partial charge on any atom is -0.339 e. The fourth-order valence-corrected chi connectivity index (χ4v) is 3.00. The molecule has 0 saturated carbocycles. The summed E-state index contributed by atoms with van der Waals surface area (Å²) in [5.74, 6) is 1.08. The molecule has 1 aromatic carbocycles. The molecule has 0 radical (unpaired) electrons. The van der Waals surface area contributed by atoms with Crippen LogP contribution in [0.4, 0.5) is 17.2 Å². The van der Waals surface area contributed by atoms with E-state index in [-0.39, 0.29) is 5.91 Å². The summed E-state index contributed by atoms with van der Waals surface area (Å²) in [6.07, 6.45) is 3.49. The second-order valence-electron chi connectivity index (χ2n) is 6.55. The fourth-order valence-electron chi connectivity index (χ4n) is 3.00. The standard InChI is InChI=1S/C20H20N8O/c1-13-19(14(2)27(3)26-13)20(29)23-16-7-5-15(6-8-16)22-17-9-10-18(25-24-17)28-12-4-11-21-28/h4-12H,1-3H3,(H,22,24)(H,23,29). The SMILES string of the molecule is Cc1nn(C)c(C)c1C(=O)Nc1ccc(Nc2ccc(-n3cccn3)nn2)cc1. The molecule has 0 aliphatic carbocycles. The van der Waals surface area contributed by atoms with Gasteiger partial charge in [-0.25, -0.2) is 4.68 Å². The molecule has 146 valence electrons. The molecular formula is C20H20N8O. The Morgan fingerprint density at radius 1 is 1.00 bits per heavy atom. The third-order valence-corrected chi connectivity index (χ3v) is 4.54. The molecule has 2 N–H and O–H groups in total. The third-order valence-electron chi connectivity index (χ3n) is 4.54. The van der Waals surface area contributed by atoms with E-state index in [0.29, 0.717) is 28.6 Å². The van der Waals surface area contributed by atoms with Crippen LogP contribution in [0, 0.1) is 13.8 Å². The number of anilines is 3. The molecule has 0 bridgehead atoms. The van der Waals surface area contributed by atoms with Crippen LogP contribution < -0.4 is 10.6 Å². The fraction of sp³-hybridized carbons (Fsp3) is 0.150. The Kier molecular flexibility index (Phi) is 4.78. The number of carbonyl (C=O) groups is 1. The summed E-state index contributed by atoms with van der Waals surface area (Å²) in [6.45, 7) is 3.70. The van der Waals surface area contributed by atoms with E-state index in [1.165, 1.54) is 0 Å². The quantitative estimate of drug-likeness (QED) is 0.545. The predicted molar refractivity (Wildman–Crippen MR) is 110 cm³/mol. The molecule has 0 saturated heterocycles. The summed E-state index contributed by atoms with van der Waals surface area (Å²) in [6, 6.07) is 12.9. The number of amides is 1. The summed E-state index contributed by atoms with van der Waals surface area (Å²) in [5, 5.41) is 22.8. The Morgan fingerprint density at radius 2 is 1.76 bits per heavy atom. The van der Waals surface area contributed by atoms with Crippen LogP contribution in [-0.4, -0.2) is 35.7 Å². The van der Waals surface area contributed by atoms with Gasteiger partial charge in [-0.1, -0.05) is 0 Å². The van der Waals surface area contributed by atoms with Crippen LogP contribution in [-0.2, 0) is 7.05 Å². The first-order chi connectivity index (χ1) is 14.0. The molecule has 0 spiro atoms. The number of hydrogen-bond donors (Lipinski definition) is 2. The number of nitrogens with zero attached hydrogens (tertiary/aromatic N) is 6. The van der Waals surface area contributed by atoms with Gasteiger partial charge in [-0.2, -0.15) is 10.2 Å². The topological polar surface area (TPSA) is 103 Å². The Morgan fingerprint density at radius 3 is 2.34 bits per heavy atom. The van der Waals surface area contributed by atoms with Gasteiger partial charge < -0.3 is 10.6 Å². The van der Waals surface area contributed by atoms with E-state index in [4.69, 9.17) is 0 Å². The van der Waals surface area contributed by atoms with Crippen molar-refractivity contribution in [1.29, 1.82) is 0 Å². The maximum absolute atomic E-state index is 12.6. The lowest BCUT2D eigenvalue weighted by Crippen LogP contribution is -2.14. The molecule has 1 amide bonds. The van der Waals surface area contributed by atoms with Crippen molar-refractivity contribution >= 4 is 23.1 Å². The van der Waals surface area contributed by atoms with Crippen molar-refractivity contribution in [3.05, 3.63) is 71.8 Å². The van der Waals surface area contributed by atoms with Gasteiger partial charge >= 0.3 is 0 Å². The number of benzene rings is 1. The molecule has 9 nitrogen and oxygen atoms in total. The minimum atomic E-state index is -0.172. The number of nitrogens with one attached hydrogen (secondary N) is 2. The van der Waals surface area contributed by atoms with Gasteiger partial charge in [-0.15, -0.1) is 10.2 Å². The van der Waals surface area contributed by atoms with E-state index in [1.807, 2.05) is 63.4 Å². The van der Waals surface area contributed by atoms with Crippen LogP contribution in [0.1, 0.15) is 21.7 Å².